The Balaban J connectivity index is 2.21. The van der Waals surface area contributed by atoms with E-state index in [9.17, 15) is 4.79 Å². The fourth-order valence-corrected chi connectivity index (χ4v) is 2.64. The molecule has 1 saturated heterocycles. The number of carbonyl (C=O) groups excluding carboxylic acids is 1. The van der Waals surface area contributed by atoms with Gasteiger partial charge in [0.15, 0.2) is 0 Å². The Morgan fingerprint density at radius 3 is 3.00 bits per heavy atom. The van der Waals surface area contributed by atoms with Crippen LogP contribution in [0.25, 0.3) is 0 Å². The van der Waals surface area contributed by atoms with E-state index in [0.717, 1.165) is 25.6 Å². The molecule has 112 valence electrons. The van der Waals surface area contributed by atoms with Crippen LogP contribution in [-0.4, -0.2) is 35.8 Å². The highest BCUT2D eigenvalue weighted by atomic mass is 16.2. The number of amides is 1. The molecule has 5 nitrogen and oxygen atoms in total. The molecule has 1 aromatic carbocycles. The molecular formula is C16H22N4O. The third kappa shape index (κ3) is 3.90. The Morgan fingerprint density at radius 1 is 1.38 bits per heavy atom. The van der Waals surface area contributed by atoms with Crippen LogP contribution in [0, 0.1) is 5.41 Å². The SMILES string of the molecule is CC1CCCCCN1C(=O)c1ccccc1N/N=C\C=N. The maximum absolute atomic E-state index is 12.8. The van der Waals surface area contributed by atoms with Crippen LogP contribution in [0.3, 0.4) is 0 Å². The second-order valence-electron chi connectivity index (χ2n) is 5.30. The molecule has 0 aliphatic carbocycles. The van der Waals surface area contributed by atoms with Crippen molar-refractivity contribution in [2.75, 3.05) is 12.0 Å². The molecule has 0 radical (unpaired) electrons. The normalized spacial score (nSPS) is 19.3. The summed E-state index contributed by atoms with van der Waals surface area (Å²) in [5.74, 6) is 0.0533. The van der Waals surface area contributed by atoms with Gasteiger partial charge in [-0.25, -0.2) is 0 Å². The number of anilines is 1. The standard InChI is InChI=1S/C16H22N4O/c1-13-7-3-2-6-12-20(13)16(21)14-8-4-5-9-15(14)19-18-11-10-17/h4-5,8-11,13,17,19H,2-3,6-7,12H2,1H3/b17-10?,18-11-. The van der Waals surface area contributed by atoms with E-state index >= 15 is 0 Å². The van der Waals surface area contributed by atoms with Gasteiger partial charge in [-0.3, -0.25) is 10.2 Å². The summed E-state index contributed by atoms with van der Waals surface area (Å²) in [5, 5.41) is 10.8. The lowest BCUT2D eigenvalue weighted by atomic mass is 10.1. The van der Waals surface area contributed by atoms with Gasteiger partial charge in [0.1, 0.15) is 0 Å². The number of nitrogens with one attached hydrogen (secondary N) is 2. The van der Waals surface area contributed by atoms with Crippen LogP contribution >= 0.6 is 0 Å². The summed E-state index contributed by atoms with van der Waals surface area (Å²) in [4.78, 5) is 14.8. The van der Waals surface area contributed by atoms with Gasteiger partial charge in [0, 0.05) is 18.8 Å². The second kappa shape index (κ2) is 7.57. The number of hydrogen-bond acceptors (Lipinski definition) is 4. The average molecular weight is 286 g/mol. The maximum Gasteiger partial charge on any atom is 0.256 e. The molecule has 1 aliphatic rings. The van der Waals surface area contributed by atoms with Crippen LogP contribution in [0.15, 0.2) is 29.4 Å². The quantitative estimate of drug-likeness (QED) is 0.659. The Hall–Kier alpha value is -2.17. The van der Waals surface area contributed by atoms with Crippen molar-refractivity contribution in [3.63, 3.8) is 0 Å². The molecule has 1 unspecified atom stereocenters. The van der Waals surface area contributed by atoms with Crippen LogP contribution in [0.2, 0.25) is 0 Å². The number of para-hydroxylation sites is 1. The molecule has 0 bridgehead atoms. The lowest BCUT2D eigenvalue weighted by Crippen LogP contribution is -2.38. The van der Waals surface area contributed by atoms with Gasteiger partial charge in [0.25, 0.3) is 5.91 Å². The van der Waals surface area contributed by atoms with Gasteiger partial charge < -0.3 is 10.3 Å². The third-order valence-electron chi connectivity index (χ3n) is 3.81. The first-order chi connectivity index (χ1) is 10.2. The zero-order valence-corrected chi connectivity index (χ0v) is 12.4. The van der Waals surface area contributed by atoms with Crippen LogP contribution < -0.4 is 5.43 Å². The number of hydrazone groups is 1. The molecule has 0 aromatic heterocycles. The number of likely N-dealkylation sites (tertiary alicyclic amines) is 1. The van der Waals surface area contributed by atoms with Gasteiger partial charge in [-0.05, 0) is 31.9 Å². The molecule has 1 heterocycles. The van der Waals surface area contributed by atoms with Crippen LogP contribution in [0.5, 0.6) is 0 Å². The average Bonchev–Trinajstić information content (AvgIpc) is 2.72. The van der Waals surface area contributed by atoms with Gasteiger partial charge in [0.05, 0.1) is 17.5 Å². The summed E-state index contributed by atoms with van der Waals surface area (Å²) in [6, 6.07) is 7.66. The molecular weight excluding hydrogens is 264 g/mol. The third-order valence-corrected chi connectivity index (χ3v) is 3.81. The van der Waals surface area contributed by atoms with Gasteiger partial charge >= 0.3 is 0 Å². The summed E-state index contributed by atoms with van der Waals surface area (Å²) >= 11 is 0. The minimum atomic E-state index is 0.0533. The molecule has 1 atom stereocenters. The molecule has 0 spiro atoms. The van der Waals surface area contributed by atoms with Crippen molar-refractivity contribution in [2.45, 2.75) is 38.6 Å². The highest BCUT2D eigenvalue weighted by molar-refractivity contribution is 6.14. The van der Waals surface area contributed by atoms with E-state index in [-0.39, 0.29) is 11.9 Å². The lowest BCUT2D eigenvalue weighted by Gasteiger charge is -2.28. The summed E-state index contributed by atoms with van der Waals surface area (Å²) in [7, 11) is 0. The monoisotopic (exact) mass is 286 g/mol. The summed E-state index contributed by atoms with van der Waals surface area (Å²) in [6.07, 6.45) is 6.95. The number of benzene rings is 1. The minimum absolute atomic E-state index is 0.0533. The van der Waals surface area contributed by atoms with E-state index in [1.165, 1.54) is 19.1 Å². The largest absolute Gasteiger partial charge is 0.336 e. The first-order valence-corrected chi connectivity index (χ1v) is 7.42. The molecule has 1 aromatic rings. The van der Waals surface area contributed by atoms with Gasteiger partial charge in [-0.15, -0.1) is 0 Å². The predicted molar refractivity (Wildman–Crippen MR) is 86.3 cm³/mol. The molecule has 2 N–H and O–H groups in total. The van der Waals surface area contributed by atoms with E-state index < -0.39 is 0 Å². The second-order valence-corrected chi connectivity index (χ2v) is 5.30. The van der Waals surface area contributed by atoms with Gasteiger partial charge in [-0.2, -0.15) is 5.10 Å². The van der Waals surface area contributed by atoms with E-state index in [2.05, 4.69) is 17.5 Å². The Labute approximate surface area is 125 Å². The molecule has 1 fully saturated rings. The van der Waals surface area contributed by atoms with Gasteiger partial charge in [0.2, 0.25) is 0 Å². The van der Waals surface area contributed by atoms with Crippen molar-refractivity contribution < 1.29 is 4.79 Å². The zero-order chi connectivity index (χ0) is 15.1. The fourth-order valence-electron chi connectivity index (χ4n) is 2.64. The molecule has 2 rings (SSSR count). The van der Waals surface area contributed by atoms with E-state index in [1.54, 1.807) is 0 Å². The fraction of sp³-hybridized carbons (Fsp3) is 0.438. The number of rotatable bonds is 4. The minimum Gasteiger partial charge on any atom is -0.336 e. The topological polar surface area (TPSA) is 68.6 Å². The lowest BCUT2D eigenvalue weighted by molar-refractivity contribution is 0.0699. The molecule has 0 saturated carbocycles. The van der Waals surface area contributed by atoms with Crippen molar-refractivity contribution in [1.82, 2.24) is 4.90 Å². The maximum atomic E-state index is 12.8. The highest BCUT2D eigenvalue weighted by Gasteiger charge is 2.24. The number of carbonyl (C=O) groups is 1. The Morgan fingerprint density at radius 2 is 2.19 bits per heavy atom. The Kier molecular flexibility index (Phi) is 5.49. The van der Waals surface area contributed by atoms with Crippen LogP contribution in [0.4, 0.5) is 5.69 Å². The molecule has 1 amide bonds. The van der Waals surface area contributed by atoms with E-state index in [0.29, 0.717) is 11.3 Å². The zero-order valence-electron chi connectivity index (χ0n) is 12.4. The van der Waals surface area contributed by atoms with Crippen molar-refractivity contribution in [3.8, 4) is 0 Å². The van der Waals surface area contributed by atoms with Crippen molar-refractivity contribution in [1.29, 1.82) is 5.41 Å². The molecule has 21 heavy (non-hydrogen) atoms. The number of nitrogens with zero attached hydrogens (tertiary/aromatic N) is 2. The summed E-state index contributed by atoms with van der Waals surface area (Å²) in [6.45, 7) is 2.94. The summed E-state index contributed by atoms with van der Waals surface area (Å²) < 4.78 is 0. The first-order valence-electron chi connectivity index (χ1n) is 7.42. The Bertz CT molecular complexity index is 527. The molecule has 1 aliphatic heterocycles. The first kappa shape index (κ1) is 15.2. The predicted octanol–water partition coefficient (Wildman–Crippen LogP) is 3.14. The van der Waals surface area contributed by atoms with Crippen molar-refractivity contribution in [3.05, 3.63) is 29.8 Å². The molecule has 5 heteroatoms. The van der Waals surface area contributed by atoms with E-state index in [4.69, 9.17) is 5.41 Å². The van der Waals surface area contributed by atoms with E-state index in [1.807, 2.05) is 29.2 Å². The highest BCUT2D eigenvalue weighted by Crippen LogP contribution is 2.22. The van der Waals surface area contributed by atoms with Crippen LogP contribution in [-0.2, 0) is 0 Å². The number of hydrogen-bond donors (Lipinski definition) is 2. The summed E-state index contributed by atoms with van der Waals surface area (Å²) in [5.41, 5.74) is 4.15. The van der Waals surface area contributed by atoms with Crippen molar-refractivity contribution in [2.24, 2.45) is 5.10 Å². The van der Waals surface area contributed by atoms with Crippen molar-refractivity contribution >= 4 is 24.0 Å². The smallest absolute Gasteiger partial charge is 0.256 e. The van der Waals surface area contributed by atoms with Gasteiger partial charge in [-0.1, -0.05) is 25.0 Å². The van der Waals surface area contributed by atoms with Crippen LogP contribution in [0.1, 0.15) is 43.0 Å².